The molecule has 7 heteroatoms. The van der Waals surface area contributed by atoms with Gasteiger partial charge in [0, 0.05) is 38.8 Å². The van der Waals surface area contributed by atoms with Gasteiger partial charge in [-0.05, 0) is 49.8 Å². The second-order valence-corrected chi connectivity index (χ2v) is 7.91. The number of hydrogen-bond acceptors (Lipinski definition) is 4. The number of aromatic amines is 1. The van der Waals surface area contributed by atoms with Crippen LogP contribution in [0.1, 0.15) is 30.7 Å². The zero-order valence-electron chi connectivity index (χ0n) is 15.9. The quantitative estimate of drug-likeness (QED) is 0.724. The van der Waals surface area contributed by atoms with E-state index in [2.05, 4.69) is 26.3 Å². The summed E-state index contributed by atoms with van der Waals surface area (Å²) < 4.78 is 0. The molecule has 2 amide bonds. The highest BCUT2D eigenvalue weighted by Crippen LogP contribution is 2.31. The zero-order chi connectivity index (χ0) is 18.8. The number of carbonyl (C=O) groups is 1. The number of rotatable bonds is 6. The molecule has 146 valence electrons. The van der Waals surface area contributed by atoms with E-state index in [0.717, 1.165) is 48.8 Å². The van der Waals surface area contributed by atoms with Crippen molar-refractivity contribution in [1.82, 2.24) is 25.1 Å². The molecule has 7 nitrogen and oxygen atoms in total. The van der Waals surface area contributed by atoms with Gasteiger partial charge in [-0.15, -0.1) is 0 Å². The average Bonchev–Trinajstić information content (AvgIpc) is 3.38. The molecule has 0 radical (unpaired) electrons. The number of urea groups is 1. The van der Waals surface area contributed by atoms with Crippen molar-refractivity contribution < 1.29 is 9.90 Å². The van der Waals surface area contributed by atoms with Crippen LogP contribution in [0.3, 0.4) is 0 Å². The number of imidazole rings is 1. The number of fused-ring (bicyclic) bond motifs is 1. The topological polar surface area (TPSA) is 84.5 Å². The molecular formula is C20H29N5O2. The summed E-state index contributed by atoms with van der Waals surface area (Å²) in [5.41, 5.74) is 3.10. The molecule has 2 aliphatic rings. The number of aryl methyl sites for hydroxylation is 1. The van der Waals surface area contributed by atoms with Gasteiger partial charge < -0.3 is 20.3 Å². The first-order valence-corrected chi connectivity index (χ1v) is 9.95. The third-order valence-corrected chi connectivity index (χ3v) is 5.64. The van der Waals surface area contributed by atoms with Crippen LogP contribution in [0.5, 0.6) is 0 Å². The predicted molar refractivity (Wildman–Crippen MR) is 104 cm³/mol. The van der Waals surface area contributed by atoms with E-state index < -0.39 is 0 Å². The molecule has 0 spiro atoms. The van der Waals surface area contributed by atoms with Gasteiger partial charge in [-0.1, -0.05) is 6.07 Å². The maximum atomic E-state index is 12.6. The number of hydrogen-bond donors (Lipinski definition) is 3. The number of nitrogens with one attached hydrogen (secondary N) is 2. The Morgan fingerprint density at radius 3 is 3.00 bits per heavy atom. The third-order valence-electron chi connectivity index (χ3n) is 5.64. The number of benzene rings is 1. The van der Waals surface area contributed by atoms with Crippen LogP contribution in [0.25, 0.3) is 11.0 Å². The summed E-state index contributed by atoms with van der Waals surface area (Å²) in [6.45, 7) is 6.02. The van der Waals surface area contributed by atoms with E-state index in [4.69, 9.17) is 0 Å². The highest BCUT2D eigenvalue weighted by atomic mass is 16.3. The Kier molecular flexibility index (Phi) is 5.31. The van der Waals surface area contributed by atoms with Crippen LogP contribution < -0.4 is 5.32 Å². The highest BCUT2D eigenvalue weighted by molar-refractivity contribution is 5.76. The normalized spacial score (nSPS) is 21.0. The van der Waals surface area contributed by atoms with Crippen molar-refractivity contribution in [2.75, 3.05) is 32.8 Å². The van der Waals surface area contributed by atoms with Crippen LogP contribution in [-0.4, -0.2) is 69.7 Å². The van der Waals surface area contributed by atoms with Gasteiger partial charge in [-0.3, -0.25) is 4.90 Å². The number of piperazine rings is 1. The van der Waals surface area contributed by atoms with Crippen molar-refractivity contribution in [3.63, 3.8) is 0 Å². The molecule has 1 aromatic carbocycles. The summed E-state index contributed by atoms with van der Waals surface area (Å²) in [7, 11) is 0. The van der Waals surface area contributed by atoms with Gasteiger partial charge in [0.1, 0.15) is 5.82 Å². The molecule has 2 aromatic rings. The molecule has 2 heterocycles. The van der Waals surface area contributed by atoms with E-state index in [1.165, 1.54) is 18.4 Å². The van der Waals surface area contributed by atoms with E-state index in [-0.39, 0.29) is 18.7 Å². The second-order valence-electron chi connectivity index (χ2n) is 7.91. The van der Waals surface area contributed by atoms with Gasteiger partial charge in [0.05, 0.1) is 17.6 Å². The summed E-state index contributed by atoms with van der Waals surface area (Å²) in [6, 6.07) is 6.29. The van der Waals surface area contributed by atoms with Gasteiger partial charge in [0.2, 0.25) is 0 Å². The summed E-state index contributed by atoms with van der Waals surface area (Å²) in [6.07, 6.45) is 3.37. The van der Waals surface area contributed by atoms with Crippen molar-refractivity contribution in [3.05, 3.63) is 29.6 Å². The first kappa shape index (κ1) is 18.3. The van der Waals surface area contributed by atoms with Crippen LogP contribution in [0.15, 0.2) is 18.2 Å². The molecule has 2 fully saturated rings. The van der Waals surface area contributed by atoms with Crippen molar-refractivity contribution in [3.8, 4) is 0 Å². The lowest BCUT2D eigenvalue weighted by Crippen LogP contribution is -2.57. The maximum Gasteiger partial charge on any atom is 0.317 e. The Morgan fingerprint density at radius 2 is 2.22 bits per heavy atom. The summed E-state index contributed by atoms with van der Waals surface area (Å²) in [5.74, 6) is 1.59. The first-order chi connectivity index (χ1) is 13.1. The lowest BCUT2D eigenvalue weighted by Gasteiger charge is -2.41. The van der Waals surface area contributed by atoms with Gasteiger partial charge in [-0.2, -0.15) is 0 Å². The summed E-state index contributed by atoms with van der Waals surface area (Å²) >= 11 is 0. The number of amides is 2. The molecule has 3 N–H and O–H groups in total. The van der Waals surface area contributed by atoms with Gasteiger partial charge >= 0.3 is 6.03 Å². The molecule has 1 unspecified atom stereocenters. The minimum absolute atomic E-state index is 0.0550. The minimum atomic E-state index is -0.0550. The smallest absolute Gasteiger partial charge is 0.317 e. The van der Waals surface area contributed by atoms with Crippen LogP contribution in [0.4, 0.5) is 4.79 Å². The summed E-state index contributed by atoms with van der Waals surface area (Å²) in [4.78, 5) is 24.8. The number of carbonyl (C=O) groups excluding carboxylic acids is 1. The fraction of sp³-hybridized carbons (Fsp3) is 0.600. The van der Waals surface area contributed by atoms with Gasteiger partial charge in [0.15, 0.2) is 0 Å². The number of aromatic nitrogens is 2. The molecule has 1 aliphatic carbocycles. The number of aliphatic hydroxyl groups is 1. The van der Waals surface area contributed by atoms with E-state index in [0.29, 0.717) is 13.1 Å². The first-order valence-electron chi connectivity index (χ1n) is 9.95. The number of nitrogens with zero attached hydrogens (tertiary/aromatic N) is 3. The highest BCUT2D eigenvalue weighted by Gasteiger charge is 2.33. The maximum absolute atomic E-state index is 12.6. The van der Waals surface area contributed by atoms with E-state index in [1.54, 1.807) is 0 Å². The standard InChI is InChI=1S/C20H29N5O2/c1-14-2-5-17-18(10-14)23-19(22-17)11-21-20(27)25-8-7-24(12-15-3-4-15)16(13-25)6-9-26/h2,5,10,15-16,26H,3-4,6-9,11-13H2,1H3,(H,21,27)(H,22,23). The van der Waals surface area contributed by atoms with Crippen LogP contribution in [0.2, 0.25) is 0 Å². The van der Waals surface area contributed by atoms with Gasteiger partial charge in [0.25, 0.3) is 0 Å². The number of H-pyrrole nitrogens is 1. The van der Waals surface area contributed by atoms with Crippen LogP contribution >= 0.6 is 0 Å². The van der Waals surface area contributed by atoms with Crippen molar-refractivity contribution in [1.29, 1.82) is 0 Å². The monoisotopic (exact) mass is 371 g/mol. The molecule has 1 atom stereocenters. The Bertz CT molecular complexity index is 801. The molecule has 4 rings (SSSR count). The Morgan fingerprint density at radius 1 is 1.37 bits per heavy atom. The SMILES string of the molecule is Cc1ccc2nc(CNC(=O)N3CCN(CC4CC4)C(CCO)C3)[nH]c2c1. The summed E-state index contributed by atoms with van der Waals surface area (Å²) in [5, 5.41) is 12.4. The fourth-order valence-corrected chi connectivity index (χ4v) is 3.90. The molecule has 27 heavy (non-hydrogen) atoms. The lowest BCUT2D eigenvalue weighted by molar-refractivity contribution is 0.0702. The Labute approximate surface area is 159 Å². The van der Waals surface area contributed by atoms with Crippen LogP contribution in [-0.2, 0) is 6.54 Å². The van der Waals surface area contributed by atoms with Crippen molar-refractivity contribution >= 4 is 17.1 Å². The predicted octanol–water partition coefficient (Wildman–Crippen LogP) is 1.86. The molecule has 0 bridgehead atoms. The minimum Gasteiger partial charge on any atom is -0.396 e. The molecule has 1 saturated heterocycles. The second kappa shape index (κ2) is 7.86. The molecule has 1 aromatic heterocycles. The van der Waals surface area contributed by atoms with E-state index >= 15 is 0 Å². The Balaban J connectivity index is 1.33. The fourth-order valence-electron chi connectivity index (χ4n) is 3.90. The molecular weight excluding hydrogens is 342 g/mol. The van der Waals surface area contributed by atoms with Crippen LogP contribution in [0, 0.1) is 12.8 Å². The molecule has 1 saturated carbocycles. The largest absolute Gasteiger partial charge is 0.396 e. The average molecular weight is 371 g/mol. The third kappa shape index (κ3) is 4.42. The zero-order valence-corrected chi connectivity index (χ0v) is 15.9. The van der Waals surface area contributed by atoms with E-state index in [9.17, 15) is 9.90 Å². The van der Waals surface area contributed by atoms with Crippen molar-refractivity contribution in [2.24, 2.45) is 5.92 Å². The lowest BCUT2D eigenvalue weighted by atomic mass is 10.1. The molecule has 1 aliphatic heterocycles. The Hall–Kier alpha value is -2.12. The van der Waals surface area contributed by atoms with Crippen molar-refractivity contribution in [2.45, 2.75) is 38.8 Å². The van der Waals surface area contributed by atoms with E-state index in [1.807, 2.05) is 24.0 Å². The number of aliphatic hydroxyl groups excluding tert-OH is 1. The van der Waals surface area contributed by atoms with Gasteiger partial charge in [-0.25, -0.2) is 9.78 Å².